The van der Waals surface area contributed by atoms with Crippen LogP contribution in [0.25, 0.3) is 22.3 Å². The zero-order valence-electron chi connectivity index (χ0n) is 19.9. The van der Waals surface area contributed by atoms with Crippen molar-refractivity contribution in [2.24, 2.45) is 0 Å². The molecule has 0 atom stereocenters. The molecule has 0 saturated heterocycles. The number of rotatable bonds is 9. The van der Waals surface area contributed by atoms with Gasteiger partial charge in [-0.05, 0) is 67.4 Å². The van der Waals surface area contributed by atoms with Crippen LogP contribution in [0.1, 0.15) is 13.8 Å². The SMILES string of the molecule is CC(C)=CCOc1ccc(-c2cc(Cl)c(-c3ccc(OS(C)(=O)=O)cc3)cc2Cl)cc1OS(C)(=O)=O. The fraction of sp³-hybridized carbons (Fsp3) is 0.200. The Morgan fingerprint density at radius 2 is 1.28 bits per heavy atom. The third-order valence-electron chi connectivity index (χ3n) is 4.70. The lowest BCUT2D eigenvalue weighted by molar-refractivity contribution is 0.347. The van der Waals surface area contributed by atoms with Gasteiger partial charge in [0.1, 0.15) is 12.4 Å². The van der Waals surface area contributed by atoms with E-state index in [0.717, 1.165) is 18.1 Å². The first-order valence-corrected chi connectivity index (χ1v) is 14.9. The summed E-state index contributed by atoms with van der Waals surface area (Å²) in [7, 11) is -7.46. The van der Waals surface area contributed by atoms with Crippen LogP contribution in [0.3, 0.4) is 0 Å². The Morgan fingerprint density at radius 1 is 0.750 bits per heavy atom. The van der Waals surface area contributed by atoms with Crippen molar-refractivity contribution in [3.63, 3.8) is 0 Å². The van der Waals surface area contributed by atoms with Gasteiger partial charge >= 0.3 is 20.2 Å². The Balaban J connectivity index is 1.98. The number of halogens is 2. The molecule has 3 aromatic rings. The number of benzene rings is 3. The molecule has 0 amide bonds. The molecule has 0 aliphatic heterocycles. The summed E-state index contributed by atoms with van der Waals surface area (Å²) in [5, 5.41) is 0.732. The highest BCUT2D eigenvalue weighted by atomic mass is 35.5. The van der Waals surface area contributed by atoms with Crippen molar-refractivity contribution in [1.29, 1.82) is 0 Å². The van der Waals surface area contributed by atoms with Crippen molar-refractivity contribution in [3.05, 3.63) is 76.3 Å². The maximum absolute atomic E-state index is 11.8. The molecule has 0 N–H and O–H groups in total. The second-order valence-corrected chi connectivity index (χ2v) is 12.1. The average molecular weight is 572 g/mol. The molecule has 0 fully saturated rings. The van der Waals surface area contributed by atoms with Crippen LogP contribution in [0.2, 0.25) is 10.0 Å². The highest BCUT2D eigenvalue weighted by molar-refractivity contribution is 7.86. The molecule has 0 aliphatic rings. The van der Waals surface area contributed by atoms with Crippen molar-refractivity contribution in [2.45, 2.75) is 13.8 Å². The molecular formula is C25H24Cl2O7S2. The zero-order chi connectivity index (χ0) is 26.7. The first-order chi connectivity index (χ1) is 16.7. The van der Waals surface area contributed by atoms with Crippen LogP contribution in [-0.4, -0.2) is 36.0 Å². The Hall–Kier alpha value is -2.72. The van der Waals surface area contributed by atoms with Gasteiger partial charge in [0.15, 0.2) is 11.5 Å². The summed E-state index contributed by atoms with van der Waals surface area (Å²) in [5.74, 6) is 0.456. The molecule has 192 valence electrons. The molecule has 0 saturated carbocycles. The molecule has 36 heavy (non-hydrogen) atoms. The highest BCUT2D eigenvalue weighted by Crippen LogP contribution is 2.41. The first kappa shape index (κ1) is 27.9. The lowest BCUT2D eigenvalue weighted by Gasteiger charge is -2.14. The summed E-state index contributed by atoms with van der Waals surface area (Å²) in [6, 6.07) is 14.5. The fourth-order valence-electron chi connectivity index (χ4n) is 3.18. The average Bonchev–Trinajstić information content (AvgIpc) is 2.74. The molecule has 0 spiro atoms. The van der Waals surface area contributed by atoms with Gasteiger partial charge in [0, 0.05) is 21.2 Å². The van der Waals surface area contributed by atoms with Gasteiger partial charge in [-0.15, -0.1) is 0 Å². The van der Waals surface area contributed by atoms with Gasteiger partial charge in [0.2, 0.25) is 0 Å². The van der Waals surface area contributed by atoms with Gasteiger partial charge in [-0.2, -0.15) is 16.8 Å². The smallest absolute Gasteiger partial charge is 0.306 e. The molecule has 3 rings (SSSR count). The summed E-state index contributed by atoms with van der Waals surface area (Å²) in [4.78, 5) is 0. The Labute approximate surface area is 221 Å². The summed E-state index contributed by atoms with van der Waals surface area (Å²) >= 11 is 13.2. The predicted octanol–water partition coefficient (Wildman–Crippen LogP) is 6.35. The van der Waals surface area contributed by atoms with E-state index in [1.54, 1.807) is 36.4 Å². The summed E-state index contributed by atoms with van der Waals surface area (Å²) in [6.07, 6.45) is 3.77. The van der Waals surface area contributed by atoms with E-state index in [-0.39, 0.29) is 23.9 Å². The molecular weight excluding hydrogens is 547 g/mol. The quantitative estimate of drug-likeness (QED) is 0.218. The second kappa shape index (κ2) is 11.1. The topological polar surface area (TPSA) is 96.0 Å². The van der Waals surface area contributed by atoms with E-state index in [1.165, 1.54) is 18.2 Å². The van der Waals surface area contributed by atoms with Crippen LogP contribution in [-0.2, 0) is 20.2 Å². The van der Waals surface area contributed by atoms with Crippen LogP contribution < -0.4 is 13.1 Å². The van der Waals surface area contributed by atoms with Crippen molar-refractivity contribution in [3.8, 4) is 39.5 Å². The van der Waals surface area contributed by atoms with Crippen molar-refractivity contribution >= 4 is 43.4 Å². The number of allylic oxidation sites excluding steroid dienone is 1. The van der Waals surface area contributed by atoms with Gasteiger partial charge in [-0.25, -0.2) is 0 Å². The van der Waals surface area contributed by atoms with E-state index in [0.29, 0.717) is 32.3 Å². The van der Waals surface area contributed by atoms with Crippen LogP contribution >= 0.6 is 23.2 Å². The molecule has 7 nitrogen and oxygen atoms in total. The number of hydrogen-bond donors (Lipinski definition) is 0. The van der Waals surface area contributed by atoms with E-state index in [9.17, 15) is 16.8 Å². The largest absolute Gasteiger partial charge is 0.486 e. The van der Waals surface area contributed by atoms with E-state index < -0.39 is 20.2 Å². The minimum absolute atomic E-state index is 0.0230. The van der Waals surface area contributed by atoms with Gasteiger partial charge in [-0.3, -0.25) is 0 Å². The third-order valence-corrected chi connectivity index (χ3v) is 6.30. The van der Waals surface area contributed by atoms with Crippen LogP contribution in [0.15, 0.2) is 66.2 Å². The zero-order valence-corrected chi connectivity index (χ0v) is 23.1. The molecule has 0 unspecified atom stereocenters. The number of hydrogen-bond acceptors (Lipinski definition) is 7. The summed E-state index contributed by atoms with van der Waals surface area (Å²) in [5.41, 5.74) is 3.48. The van der Waals surface area contributed by atoms with Gasteiger partial charge in [0.05, 0.1) is 12.5 Å². The molecule has 0 radical (unpaired) electrons. The predicted molar refractivity (Wildman–Crippen MR) is 143 cm³/mol. The maximum Gasteiger partial charge on any atom is 0.306 e. The van der Waals surface area contributed by atoms with E-state index in [1.807, 2.05) is 19.9 Å². The van der Waals surface area contributed by atoms with E-state index in [4.69, 9.17) is 36.3 Å². The highest BCUT2D eigenvalue weighted by Gasteiger charge is 2.17. The fourth-order valence-corrected chi connectivity index (χ4v) is 4.64. The second-order valence-electron chi connectivity index (χ2n) is 8.17. The van der Waals surface area contributed by atoms with Gasteiger partial charge < -0.3 is 13.1 Å². The van der Waals surface area contributed by atoms with Crippen molar-refractivity contribution in [2.75, 3.05) is 19.1 Å². The molecule has 3 aromatic carbocycles. The minimum atomic E-state index is -3.82. The monoisotopic (exact) mass is 570 g/mol. The van der Waals surface area contributed by atoms with Crippen LogP contribution in [0.5, 0.6) is 17.2 Å². The Bertz CT molecular complexity index is 1510. The molecule has 0 heterocycles. The van der Waals surface area contributed by atoms with Gasteiger partial charge in [0.25, 0.3) is 0 Å². The third kappa shape index (κ3) is 7.89. The standard InChI is InChI=1S/C25H24Cl2O7S2/c1-16(2)11-12-32-24-10-7-18(13-25(24)34-36(4,30)31)21-15-22(26)20(14-23(21)27)17-5-8-19(9-6-17)33-35(3,28)29/h5-11,13-15H,12H2,1-4H3. The molecule has 0 bridgehead atoms. The van der Waals surface area contributed by atoms with Crippen LogP contribution in [0.4, 0.5) is 0 Å². The van der Waals surface area contributed by atoms with Crippen molar-refractivity contribution in [1.82, 2.24) is 0 Å². The summed E-state index contributed by atoms with van der Waals surface area (Å²) < 4.78 is 62.0. The summed E-state index contributed by atoms with van der Waals surface area (Å²) in [6.45, 7) is 4.10. The molecule has 0 aromatic heterocycles. The first-order valence-electron chi connectivity index (χ1n) is 10.5. The van der Waals surface area contributed by atoms with E-state index in [2.05, 4.69) is 0 Å². The van der Waals surface area contributed by atoms with E-state index >= 15 is 0 Å². The Morgan fingerprint density at radius 3 is 1.81 bits per heavy atom. The van der Waals surface area contributed by atoms with Gasteiger partial charge in [-0.1, -0.05) is 47.0 Å². The number of ether oxygens (including phenoxy) is 1. The van der Waals surface area contributed by atoms with Crippen molar-refractivity contribution < 1.29 is 29.9 Å². The normalized spacial score (nSPS) is 11.6. The lowest BCUT2D eigenvalue weighted by Crippen LogP contribution is -2.07. The van der Waals surface area contributed by atoms with Crippen LogP contribution in [0, 0.1) is 0 Å². The minimum Gasteiger partial charge on any atom is -0.486 e. The molecule has 0 aliphatic carbocycles. The molecule has 11 heteroatoms. The maximum atomic E-state index is 11.8. The lowest BCUT2D eigenvalue weighted by atomic mass is 9.99. The Kier molecular flexibility index (Phi) is 8.61.